The molecule has 182 valence electrons. The molecule has 34 heavy (non-hydrogen) atoms. The minimum absolute atomic E-state index is 0.0455. The summed E-state index contributed by atoms with van der Waals surface area (Å²) < 4.78 is 11.2. The third-order valence-corrected chi connectivity index (χ3v) is 5.59. The van der Waals surface area contributed by atoms with Gasteiger partial charge in [0.05, 0.1) is 5.69 Å². The Morgan fingerprint density at radius 1 is 1.15 bits per heavy atom. The first-order valence-electron chi connectivity index (χ1n) is 11.6. The number of likely N-dealkylation sites (N-methyl/N-ethyl adjacent to an activating group) is 1. The van der Waals surface area contributed by atoms with Crippen LogP contribution in [0.4, 0.5) is 5.69 Å². The van der Waals surface area contributed by atoms with Gasteiger partial charge in [-0.3, -0.25) is 14.4 Å². The van der Waals surface area contributed by atoms with E-state index in [-0.39, 0.29) is 30.8 Å². The molecular formula is C26H33N3O5. The molecule has 0 radical (unpaired) electrons. The number of anilines is 1. The predicted octanol–water partition coefficient (Wildman–Crippen LogP) is 2.69. The van der Waals surface area contributed by atoms with Crippen LogP contribution in [0.5, 0.6) is 11.5 Å². The SMILES string of the molecule is CCc1ccc(OCC(=O)c2ccc3c(c2)N(CCCC(=O)NCCN(C)C)C(=O)CO3)cc1. The van der Waals surface area contributed by atoms with Crippen LogP contribution in [0, 0.1) is 0 Å². The quantitative estimate of drug-likeness (QED) is 0.483. The van der Waals surface area contributed by atoms with Crippen LogP contribution in [0.2, 0.25) is 0 Å². The topological polar surface area (TPSA) is 88.2 Å². The highest BCUT2D eigenvalue weighted by Gasteiger charge is 2.26. The Hall–Kier alpha value is -3.39. The fraction of sp³-hybridized carbons (Fsp3) is 0.423. The third-order valence-electron chi connectivity index (χ3n) is 5.59. The fourth-order valence-corrected chi connectivity index (χ4v) is 3.58. The second-order valence-corrected chi connectivity index (χ2v) is 8.48. The average Bonchev–Trinajstić information content (AvgIpc) is 2.83. The van der Waals surface area contributed by atoms with E-state index in [4.69, 9.17) is 9.47 Å². The first kappa shape index (κ1) is 25.2. The van der Waals surface area contributed by atoms with Gasteiger partial charge in [-0.25, -0.2) is 0 Å². The van der Waals surface area contributed by atoms with Crippen LogP contribution in [0.1, 0.15) is 35.7 Å². The van der Waals surface area contributed by atoms with Gasteiger partial charge < -0.3 is 24.6 Å². The summed E-state index contributed by atoms with van der Waals surface area (Å²) in [5, 5.41) is 2.87. The molecule has 0 saturated carbocycles. The lowest BCUT2D eigenvalue weighted by Gasteiger charge is -2.29. The molecule has 0 aromatic heterocycles. The summed E-state index contributed by atoms with van der Waals surface area (Å²) >= 11 is 0. The van der Waals surface area contributed by atoms with E-state index in [2.05, 4.69) is 12.2 Å². The Balaban J connectivity index is 1.59. The summed E-state index contributed by atoms with van der Waals surface area (Å²) in [6.07, 6.45) is 1.76. The van der Waals surface area contributed by atoms with Crippen molar-refractivity contribution in [1.29, 1.82) is 0 Å². The second kappa shape index (κ2) is 12.2. The van der Waals surface area contributed by atoms with Crippen molar-refractivity contribution in [2.45, 2.75) is 26.2 Å². The predicted molar refractivity (Wildman–Crippen MR) is 131 cm³/mol. The molecule has 1 heterocycles. The first-order chi connectivity index (χ1) is 16.4. The van der Waals surface area contributed by atoms with Gasteiger partial charge in [-0.05, 0) is 62.8 Å². The lowest BCUT2D eigenvalue weighted by molar-refractivity contribution is -0.122. The number of nitrogens with zero attached hydrogens (tertiary/aromatic N) is 2. The minimum Gasteiger partial charge on any atom is -0.485 e. The summed E-state index contributed by atoms with van der Waals surface area (Å²) in [5.74, 6) is 0.740. The number of rotatable bonds is 12. The maximum Gasteiger partial charge on any atom is 0.265 e. The number of carbonyl (C=O) groups excluding carboxylic acids is 3. The maximum absolute atomic E-state index is 12.7. The summed E-state index contributed by atoms with van der Waals surface area (Å²) in [7, 11) is 3.89. The number of fused-ring (bicyclic) bond motifs is 1. The van der Waals surface area contributed by atoms with Crippen LogP contribution in [-0.4, -0.2) is 69.4 Å². The molecule has 8 nitrogen and oxygen atoms in total. The number of carbonyl (C=O) groups is 3. The Morgan fingerprint density at radius 2 is 1.91 bits per heavy atom. The van der Waals surface area contributed by atoms with E-state index in [0.717, 1.165) is 13.0 Å². The molecule has 2 amide bonds. The van der Waals surface area contributed by atoms with Gasteiger partial charge in [-0.15, -0.1) is 0 Å². The molecule has 3 rings (SSSR count). The van der Waals surface area contributed by atoms with E-state index in [0.29, 0.717) is 48.7 Å². The number of amides is 2. The lowest BCUT2D eigenvalue weighted by Crippen LogP contribution is -2.40. The molecule has 8 heteroatoms. The number of ether oxygens (including phenoxy) is 2. The van der Waals surface area contributed by atoms with Gasteiger partial charge in [0.25, 0.3) is 5.91 Å². The average molecular weight is 468 g/mol. The Labute approximate surface area is 200 Å². The van der Waals surface area contributed by atoms with Gasteiger partial charge in [-0.2, -0.15) is 0 Å². The van der Waals surface area contributed by atoms with Crippen LogP contribution in [-0.2, 0) is 16.0 Å². The molecule has 0 unspecified atom stereocenters. The van der Waals surface area contributed by atoms with Crippen molar-refractivity contribution in [3.05, 3.63) is 53.6 Å². The Bertz CT molecular complexity index is 1000. The monoisotopic (exact) mass is 467 g/mol. The number of hydrogen-bond acceptors (Lipinski definition) is 6. The van der Waals surface area contributed by atoms with Crippen LogP contribution in [0.15, 0.2) is 42.5 Å². The zero-order chi connectivity index (χ0) is 24.5. The Morgan fingerprint density at radius 3 is 2.62 bits per heavy atom. The molecule has 0 fully saturated rings. The number of ketones is 1. The van der Waals surface area contributed by atoms with Crippen molar-refractivity contribution in [2.24, 2.45) is 0 Å². The van der Waals surface area contributed by atoms with E-state index in [1.807, 2.05) is 43.3 Å². The van der Waals surface area contributed by atoms with E-state index < -0.39 is 0 Å². The van der Waals surface area contributed by atoms with Crippen LogP contribution in [0.3, 0.4) is 0 Å². The molecule has 2 aromatic rings. The minimum atomic E-state index is -0.197. The summed E-state index contributed by atoms with van der Waals surface area (Å²) in [6.45, 7) is 3.63. The van der Waals surface area contributed by atoms with E-state index >= 15 is 0 Å². The highest BCUT2D eigenvalue weighted by molar-refractivity contribution is 6.02. The first-order valence-corrected chi connectivity index (χ1v) is 11.6. The molecule has 1 N–H and O–H groups in total. The van der Waals surface area contributed by atoms with Crippen molar-refractivity contribution in [1.82, 2.24) is 10.2 Å². The second-order valence-electron chi connectivity index (χ2n) is 8.48. The van der Waals surface area contributed by atoms with Crippen molar-refractivity contribution in [2.75, 3.05) is 51.8 Å². The molecule has 0 atom stereocenters. The third kappa shape index (κ3) is 7.05. The highest BCUT2D eigenvalue weighted by atomic mass is 16.5. The fourth-order valence-electron chi connectivity index (χ4n) is 3.58. The molecule has 0 spiro atoms. The highest BCUT2D eigenvalue weighted by Crippen LogP contribution is 2.33. The molecule has 0 aliphatic carbocycles. The van der Waals surface area contributed by atoms with Crippen LogP contribution < -0.4 is 19.7 Å². The number of benzene rings is 2. The molecular weight excluding hydrogens is 434 g/mol. The van der Waals surface area contributed by atoms with Crippen molar-refractivity contribution in [3.63, 3.8) is 0 Å². The van der Waals surface area contributed by atoms with Gasteiger partial charge in [0.2, 0.25) is 5.91 Å². The number of nitrogens with one attached hydrogen (secondary N) is 1. The maximum atomic E-state index is 12.7. The number of Topliss-reactive ketones (excluding diaryl/α,β-unsaturated/α-hetero) is 1. The normalized spacial score (nSPS) is 12.8. The number of aryl methyl sites for hydroxylation is 1. The van der Waals surface area contributed by atoms with Crippen LogP contribution >= 0.6 is 0 Å². The van der Waals surface area contributed by atoms with Crippen LogP contribution in [0.25, 0.3) is 0 Å². The standard InChI is InChI=1S/C26H33N3O5/c1-4-19-7-10-21(11-8-19)33-17-23(30)20-9-12-24-22(16-20)29(26(32)18-34-24)14-5-6-25(31)27-13-15-28(2)3/h7-12,16H,4-6,13-15,17-18H2,1-3H3,(H,27,31). The van der Waals surface area contributed by atoms with E-state index in [1.165, 1.54) is 5.56 Å². The number of hydrogen-bond donors (Lipinski definition) is 1. The summed E-state index contributed by atoms with van der Waals surface area (Å²) in [6, 6.07) is 12.7. The van der Waals surface area contributed by atoms with Gasteiger partial charge >= 0.3 is 0 Å². The molecule has 2 aromatic carbocycles. The molecule has 1 aliphatic rings. The van der Waals surface area contributed by atoms with Gasteiger partial charge in [0, 0.05) is 31.6 Å². The summed E-state index contributed by atoms with van der Waals surface area (Å²) in [5.41, 5.74) is 2.18. The van der Waals surface area contributed by atoms with Gasteiger partial charge in [0.1, 0.15) is 11.5 Å². The van der Waals surface area contributed by atoms with E-state index in [1.54, 1.807) is 23.1 Å². The lowest BCUT2D eigenvalue weighted by atomic mass is 10.1. The van der Waals surface area contributed by atoms with Gasteiger partial charge in [-0.1, -0.05) is 19.1 Å². The van der Waals surface area contributed by atoms with Crippen molar-refractivity contribution < 1.29 is 23.9 Å². The molecule has 1 aliphatic heterocycles. The van der Waals surface area contributed by atoms with Gasteiger partial charge in [0.15, 0.2) is 19.0 Å². The Kier molecular flexibility index (Phi) is 9.04. The molecule has 0 bridgehead atoms. The zero-order valence-corrected chi connectivity index (χ0v) is 20.1. The smallest absolute Gasteiger partial charge is 0.265 e. The van der Waals surface area contributed by atoms with Crippen molar-refractivity contribution in [3.8, 4) is 11.5 Å². The summed E-state index contributed by atoms with van der Waals surface area (Å²) in [4.78, 5) is 40.9. The zero-order valence-electron chi connectivity index (χ0n) is 20.1. The molecule has 0 saturated heterocycles. The van der Waals surface area contributed by atoms with Crippen molar-refractivity contribution >= 4 is 23.3 Å². The van der Waals surface area contributed by atoms with E-state index in [9.17, 15) is 14.4 Å². The largest absolute Gasteiger partial charge is 0.485 e.